The van der Waals surface area contributed by atoms with Gasteiger partial charge in [0.2, 0.25) is 0 Å². The van der Waals surface area contributed by atoms with Gasteiger partial charge in [-0.2, -0.15) is 0 Å². The Labute approximate surface area is 168 Å². The summed E-state index contributed by atoms with van der Waals surface area (Å²) < 4.78 is 5.41. The van der Waals surface area contributed by atoms with Gasteiger partial charge >= 0.3 is 0 Å². The number of ether oxygens (including phenoxy) is 1. The molecular formula is C21H24N5O3+. The zero-order valence-corrected chi connectivity index (χ0v) is 16.1. The molecule has 0 aliphatic carbocycles. The van der Waals surface area contributed by atoms with Crippen LogP contribution in [0.15, 0.2) is 48.5 Å². The standard InChI is InChI=1S/C21H23N5O3/c27-26(28)17-8-6-16(7-9-17)20-23-19-5-2-1-4-18(19)21(24-20)22-10-3-11-25-12-14-29-15-13-25/h1-2,4-9H,3,10-15H2,(H,22,23,24)/p+1. The predicted molar refractivity (Wildman–Crippen MR) is 111 cm³/mol. The monoisotopic (exact) mass is 394 g/mol. The number of nitrogens with zero attached hydrogens (tertiary/aromatic N) is 3. The minimum absolute atomic E-state index is 0.0542. The van der Waals surface area contributed by atoms with Gasteiger partial charge in [0, 0.05) is 36.0 Å². The number of morpholine rings is 1. The molecule has 2 N–H and O–H groups in total. The number of non-ortho nitro benzene ring substituents is 1. The minimum Gasteiger partial charge on any atom is -0.370 e. The molecule has 4 rings (SSSR count). The second-order valence-electron chi connectivity index (χ2n) is 7.11. The van der Waals surface area contributed by atoms with Gasteiger partial charge in [-0.05, 0) is 24.3 Å². The van der Waals surface area contributed by atoms with Gasteiger partial charge in [0.15, 0.2) is 5.82 Å². The first-order valence-corrected chi connectivity index (χ1v) is 9.87. The molecule has 0 atom stereocenters. The van der Waals surface area contributed by atoms with E-state index in [1.54, 1.807) is 17.0 Å². The molecule has 3 aromatic rings. The van der Waals surface area contributed by atoms with E-state index < -0.39 is 4.92 Å². The second-order valence-corrected chi connectivity index (χ2v) is 7.11. The molecule has 0 radical (unpaired) electrons. The Bertz CT molecular complexity index is 987. The van der Waals surface area contributed by atoms with Gasteiger partial charge in [-0.3, -0.25) is 10.1 Å². The number of benzene rings is 2. The van der Waals surface area contributed by atoms with Crippen molar-refractivity contribution >= 4 is 22.4 Å². The summed E-state index contributed by atoms with van der Waals surface area (Å²) in [5.74, 6) is 1.35. The Balaban J connectivity index is 1.51. The van der Waals surface area contributed by atoms with Crippen LogP contribution in [0.1, 0.15) is 6.42 Å². The van der Waals surface area contributed by atoms with Crippen LogP contribution in [0, 0.1) is 10.1 Å². The van der Waals surface area contributed by atoms with E-state index >= 15 is 0 Å². The molecule has 1 aliphatic rings. The van der Waals surface area contributed by atoms with Crippen LogP contribution < -0.4 is 10.2 Å². The number of fused-ring (bicyclic) bond motifs is 1. The van der Waals surface area contributed by atoms with Crippen molar-refractivity contribution in [2.75, 3.05) is 44.7 Å². The molecule has 0 bridgehead atoms. The summed E-state index contributed by atoms with van der Waals surface area (Å²) >= 11 is 0. The van der Waals surface area contributed by atoms with Crippen LogP contribution in [-0.2, 0) is 4.74 Å². The number of rotatable bonds is 7. The van der Waals surface area contributed by atoms with Gasteiger partial charge in [0.25, 0.3) is 5.69 Å². The molecule has 1 aliphatic heterocycles. The van der Waals surface area contributed by atoms with E-state index in [0.717, 1.165) is 68.1 Å². The van der Waals surface area contributed by atoms with E-state index in [0.29, 0.717) is 5.82 Å². The SMILES string of the molecule is O=[N+]([O-])c1ccc(-c2nc(NCCC[NH+]3CCOCC3)c3ccccc3n2)cc1. The molecule has 0 saturated carbocycles. The number of para-hydroxylation sites is 1. The van der Waals surface area contributed by atoms with Crippen molar-refractivity contribution in [3.05, 3.63) is 58.6 Å². The lowest BCUT2D eigenvalue weighted by molar-refractivity contribution is -0.908. The van der Waals surface area contributed by atoms with Crippen molar-refractivity contribution in [1.82, 2.24) is 9.97 Å². The maximum absolute atomic E-state index is 10.9. The average Bonchev–Trinajstić information content (AvgIpc) is 2.77. The van der Waals surface area contributed by atoms with Crippen LogP contribution in [0.4, 0.5) is 11.5 Å². The number of hydrogen-bond acceptors (Lipinski definition) is 6. The summed E-state index contributed by atoms with van der Waals surface area (Å²) in [5.41, 5.74) is 1.65. The number of anilines is 1. The maximum atomic E-state index is 10.9. The number of nitro benzene ring substituents is 1. The van der Waals surface area contributed by atoms with Gasteiger partial charge in [0.05, 0.1) is 30.2 Å². The molecule has 0 spiro atoms. The molecule has 29 heavy (non-hydrogen) atoms. The van der Waals surface area contributed by atoms with Crippen molar-refractivity contribution in [3.8, 4) is 11.4 Å². The van der Waals surface area contributed by atoms with Crippen molar-refractivity contribution in [2.24, 2.45) is 0 Å². The highest BCUT2D eigenvalue weighted by molar-refractivity contribution is 5.90. The number of hydrogen-bond donors (Lipinski definition) is 2. The highest BCUT2D eigenvalue weighted by Crippen LogP contribution is 2.26. The van der Waals surface area contributed by atoms with E-state index in [4.69, 9.17) is 9.72 Å². The molecular weight excluding hydrogens is 370 g/mol. The third kappa shape index (κ3) is 4.67. The summed E-state index contributed by atoms with van der Waals surface area (Å²) in [6, 6.07) is 14.2. The highest BCUT2D eigenvalue weighted by atomic mass is 16.6. The third-order valence-corrected chi connectivity index (χ3v) is 5.14. The maximum Gasteiger partial charge on any atom is 0.269 e. The van der Waals surface area contributed by atoms with Crippen molar-refractivity contribution in [1.29, 1.82) is 0 Å². The first-order valence-electron chi connectivity index (χ1n) is 9.87. The molecule has 2 heterocycles. The second kappa shape index (κ2) is 8.93. The van der Waals surface area contributed by atoms with Crippen LogP contribution in [0.25, 0.3) is 22.3 Å². The lowest BCUT2D eigenvalue weighted by atomic mass is 10.1. The van der Waals surface area contributed by atoms with E-state index in [2.05, 4.69) is 10.3 Å². The summed E-state index contributed by atoms with van der Waals surface area (Å²) in [7, 11) is 0. The van der Waals surface area contributed by atoms with Crippen LogP contribution in [0.2, 0.25) is 0 Å². The Hall–Kier alpha value is -3.10. The molecule has 2 aromatic carbocycles. The van der Waals surface area contributed by atoms with E-state index in [-0.39, 0.29) is 5.69 Å². The number of nitro groups is 1. The van der Waals surface area contributed by atoms with Crippen molar-refractivity contribution in [3.63, 3.8) is 0 Å². The first-order chi connectivity index (χ1) is 14.2. The first kappa shape index (κ1) is 19.2. The van der Waals surface area contributed by atoms with Crippen LogP contribution in [0.3, 0.4) is 0 Å². The summed E-state index contributed by atoms with van der Waals surface area (Å²) in [6.45, 7) is 5.76. The molecule has 0 unspecified atom stereocenters. The fraction of sp³-hybridized carbons (Fsp3) is 0.333. The smallest absolute Gasteiger partial charge is 0.269 e. The Kier molecular flexibility index (Phi) is 5.92. The van der Waals surface area contributed by atoms with E-state index in [1.165, 1.54) is 12.1 Å². The number of aromatic nitrogens is 2. The average molecular weight is 394 g/mol. The fourth-order valence-electron chi connectivity index (χ4n) is 3.53. The van der Waals surface area contributed by atoms with E-state index in [9.17, 15) is 10.1 Å². The van der Waals surface area contributed by atoms with E-state index in [1.807, 2.05) is 24.3 Å². The van der Waals surface area contributed by atoms with Crippen molar-refractivity contribution in [2.45, 2.75) is 6.42 Å². The quantitative estimate of drug-likeness (QED) is 0.361. The Morgan fingerprint density at radius 2 is 1.83 bits per heavy atom. The normalized spacial score (nSPS) is 14.8. The van der Waals surface area contributed by atoms with Crippen LogP contribution in [-0.4, -0.2) is 54.3 Å². The lowest BCUT2D eigenvalue weighted by Crippen LogP contribution is -3.14. The molecule has 1 aromatic heterocycles. The van der Waals surface area contributed by atoms with Gasteiger partial charge < -0.3 is 15.0 Å². The molecule has 1 saturated heterocycles. The van der Waals surface area contributed by atoms with Gasteiger partial charge in [-0.1, -0.05) is 12.1 Å². The minimum atomic E-state index is -0.408. The largest absolute Gasteiger partial charge is 0.370 e. The highest BCUT2D eigenvalue weighted by Gasteiger charge is 2.14. The summed E-state index contributed by atoms with van der Waals surface area (Å²) in [5, 5.41) is 15.3. The Morgan fingerprint density at radius 1 is 1.07 bits per heavy atom. The zero-order valence-electron chi connectivity index (χ0n) is 16.1. The summed E-state index contributed by atoms with van der Waals surface area (Å²) in [4.78, 5) is 21.4. The molecule has 8 nitrogen and oxygen atoms in total. The molecule has 8 heteroatoms. The summed E-state index contributed by atoms with van der Waals surface area (Å²) in [6.07, 6.45) is 1.04. The van der Waals surface area contributed by atoms with Gasteiger partial charge in [0.1, 0.15) is 18.9 Å². The Morgan fingerprint density at radius 3 is 2.59 bits per heavy atom. The molecule has 150 valence electrons. The number of quaternary nitrogens is 1. The topological polar surface area (TPSA) is 94.6 Å². The number of nitrogens with one attached hydrogen (secondary N) is 2. The van der Waals surface area contributed by atoms with Crippen molar-refractivity contribution < 1.29 is 14.6 Å². The molecule has 0 amide bonds. The van der Waals surface area contributed by atoms with Crippen LogP contribution >= 0.6 is 0 Å². The van der Waals surface area contributed by atoms with Gasteiger partial charge in [-0.15, -0.1) is 0 Å². The predicted octanol–water partition coefficient (Wildman–Crippen LogP) is 1.92. The van der Waals surface area contributed by atoms with Gasteiger partial charge in [-0.25, -0.2) is 9.97 Å². The van der Waals surface area contributed by atoms with Crippen LogP contribution in [0.5, 0.6) is 0 Å². The zero-order chi connectivity index (χ0) is 20.1. The third-order valence-electron chi connectivity index (χ3n) is 5.14. The fourth-order valence-corrected chi connectivity index (χ4v) is 3.53. The lowest BCUT2D eigenvalue weighted by Gasteiger charge is -2.23. The molecule has 1 fully saturated rings.